The maximum absolute atomic E-state index is 10.2. The molecule has 0 heterocycles. The number of hydrogen-bond donors (Lipinski definition) is 1. The van der Waals surface area contributed by atoms with Crippen molar-refractivity contribution in [2.75, 3.05) is 13.2 Å². The largest absolute Gasteiger partial charge is 0.481 e. The molecular formula is C12H14O3. The number of carboxylic acid groups (broad SMARTS) is 1. The van der Waals surface area contributed by atoms with E-state index in [4.69, 9.17) is 9.84 Å². The second-order valence-electron chi connectivity index (χ2n) is 3.03. The average molecular weight is 206 g/mol. The van der Waals surface area contributed by atoms with Gasteiger partial charge in [0.15, 0.2) is 0 Å². The lowest BCUT2D eigenvalue weighted by Crippen LogP contribution is -2.02. The van der Waals surface area contributed by atoms with E-state index in [9.17, 15) is 4.79 Å². The van der Waals surface area contributed by atoms with Crippen LogP contribution in [0.25, 0.3) is 6.08 Å². The Morgan fingerprint density at radius 1 is 1.33 bits per heavy atom. The first-order valence-electron chi connectivity index (χ1n) is 4.80. The molecule has 0 amide bonds. The number of hydrogen-bond acceptors (Lipinski definition) is 2. The van der Waals surface area contributed by atoms with Crippen LogP contribution in [0.15, 0.2) is 36.4 Å². The molecule has 0 saturated heterocycles. The molecule has 0 radical (unpaired) electrons. The maximum Gasteiger partial charge on any atom is 0.305 e. The molecular weight excluding hydrogens is 192 g/mol. The molecule has 0 aliphatic heterocycles. The summed E-state index contributed by atoms with van der Waals surface area (Å²) in [6.07, 6.45) is 3.87. The van der Waals surface area contributed by atoms with E-state index >= 15 is 0 Å². The molecule has 0 unspecified atom stereocenters. The van der Waals surface area contributed by atoms with E-state index in [0.29, 0.717) is 6.61 Å². The van der Waals surface area contributed by atoms with Crippen LogP contribution < -0.4 is 0 Å². The van der Waals surface area contributed by atoms with Crippen molar-refractivity contribution in [3.63, 3.8) is 0 Å². The predicted molar refractivity (Wildman–Crippen MR) is 58.5 cm³/mol. The van der Waals surface area contributed by atoms with Gasteiger partial charge in [0.05, 0.1) is 19.6 Å². The van der Waals surface area contributed by atoms with Crippen LogP contribution in [0.4, 0.5) is 0 Å². The molecule has 1 N–H and O–H groups in total. The molecule has 1 rings (SSSR count). The molecule has 3 nitrogen and oxygen atoms in total. The number of carbonyl (C=O) groups is 1. The van der Waals surface area contributed by atoms with Crippen LogP contribution in [0, 0.1) is 0 Å². The third-order valence-corrected chi connectivity index (χ3v) is 1.78. The molecule has 80 valence electrons. The molecule has 0 atom stereocenters. The van der Waals surface area contributed by atoms with Crippen LogP contribution in [0.5, 0.6) is 0 Å². The van der Waals surface area contributed by atoms with Crippen molar-refractivity contribution in [2.24, 2.45) is 0 Å². The van der Waals surface area contributed by atoms with E-state index in [1.54, 1.807) is 0 Å². The molecule has 0 aliphatic carbocycles. The van der Waals surface area contributed by atoms with Crippen LogP contribution >= 0.6 is 0 Å². The SMILES string of the molecule is O=C(O)CCOC/C=C/c1ccccc1. The maximum atomic E-state index is 10.2. The molecule has 0 aromatic heterocycles. The first-order valence-corrected chi connectivity index (χ1v) is 4.80. The van der Waals surface area contributed by atoms with Gasteiger partial charge in [0, 0.05) is 0 Å². The lowest BCUT2D eigenvalue weighted by molar-refractivity contribution is -0.138. The van der Waals surface area contributed by atoms with Gasteiger partial charge in [-0.3, -0.25) is 4.79 Å². The van der Waals surface area contributed by atoms with Crippen molar-refractivity contribution in [2.45, 2.75) is 6.42 Å². The summed E-state index contributed by atoms with van der Waals surface area (Å²) in [4.78, 5) is 10.2. The second-order valence-corrected chi connectivity index (χ2v) is 3.03. The standard InChI is InChI=1S/C12H14O3/c13-12(14)8-10-15-9-4-7-11-5-2-1-3-6-11/h1-7H,8-10H2,(H,13,14)/b7-4+. The third kappa shape index (κ3) is 5.65. The Morgan fingerprint density at radius 2 is 2.07 bits per heavy atom. The monoisotopic (exact) mass is 206 g/mol. The Morgan fingerprint density at radius 3 is 2.73 bits per heavy atom. The fraction of sp³-hybridized carbons (Fsp3) is 0.250. The number of ether oxygens (including phenoxy) is 1. The van der Waals surface area contributed by atoms with Crippen molar-refractivity contribution >= 4 is 12.0 Å². The summed E-state index contributed by atoms with van der Waals surface area (Å²) in [6.45, 7) is 0.705. The summed E-state index contributed by atoms with van der Waals surface area (Å²) in [6, 6.07) is 9.87. The normalized spacial score (nSPS) is 10.7. The van der Waals surface area contributed by atoms with Gasteiger partial charge in [-0.05, 0) is 5.56 Å². The third-order valence-electron chi connectivity index (χ3n) is 1.78. The highest BCUT2D eigenvalue weighted by atomic mass is 16.5. The molecule has 0 fully saturated rings. The van der Waals surface area contributed by atoms with Crippen LogP contribution in [-0.2, 0) is 9.53 Å². The van der Waals surface area contributed by atoms with Gasteiger partial charge in [-0.2, -0.15) is 0 Å². The molecule has 0 bridgehead atoms. The predicted octanol–water partition coefficient (Wildman–Crippen LogP) is 2.19. The Hall–Kier alpha value is -1.61. The zero-order valence-corrected chi connectivity index (χ0v) is 8.43. The van der Waals surface area contributed by atoms with E-state index in [1.807, 2.05) is 42.5 Å². The first kappa shape index (κ1) is 11.5. The molecule has 0 spiro atoms. The van der Waals surface area contributed by atoms with E-state index in [2.05, 4.69) is 0 Å². The summed E-state index contributed by atoms with van der Waals surface area (Å²) in [7, 11) is 0. The molecule has 0 aliphatic rings. The zero-order valence-electron chi connectivity index (χ0n) is 8.43. The van der Waals surface area contributed by atoms with Crippen LogP contribution in [-0.4, -0.2) is 24.3 Å². The number of aliphatic carboxylic acids is 1. The summed E-state index contributed by atoms with van der Waals surface area (Å²) in [5.41, 5.74) is 1.11. The lowest BCUT2D eigenvalue weighted by Gasteiger charge is -1.97. The Labute approximate surface area is 89.0 Å². The topological polar surface area (TPSA) is 46.5 Å². The van der Waals surface area contributed by atoms with Crippen LogP contribution in [0.1, 0.15) is 12.0 Å². The van der Waals surface area contributed by atoms with E-state index in [-0.39, 0.29) is 13.0 Å². The van der Waals surface area contributed by atoms with Gasteiger partial charge in [0.1, 0.15) is 0 Å². The fourth-order valence-corrected chi connectivity index (χ4v) is 1.06. The molecule has 1 aromatic carbocycles. The van der Waals surface area contributed by atoms with Crippen molar-refractivity contribution in [1.29, 1.82) is 0 Å². The fourth-order valence-electron chi connectivity index (χ4n) is 1.06. The van der Waals surface area contributed by atoms with Gasteiger partial charge in [0.2, 0.25) is 0 Å². The van der Waals surface area contributed by atoms with Gasteiger partial charge < -0.3 is 9.84 Å². The first-order chi connectivity index (χ1) is 7.29. The van der Waals surface area contributed by atoms with Crippen molar-refractivity contribution < 1.29 is 14.6 Å². The van der Waals surface area contributed by atoms with Gasteiger partial charge in [-0.1, -0.05) is 42.5 Å². The van der Waals surface area contributed by atoms with E-state index < -0.39 is 5.97 Å². The highest BCUT2D eigenvalue weighted by molar-refractivity contribution is 5.66. The van der Waals surface area contributed by atoms with Gasteiger partial charge in [0.25, 0.3) is 0 Å². The summed E-state index contributed by atoms with van der Waals surface area (Å²) >= 11 is 0. The van der Waals surface area contributed by atoms with Gasteiger partial charge >= 0.3 is 5.97 Å². The van der Waals surface area contributed by atoms with Gasteiger partial charge in [-0.15, -0.1) is 0 Å². The molecule has 1 aromatic rings. The minimum Gasteiger partial charge on any atom is -0.481 e. The minimum atomic E-state index is -0.831. The quantitative estimate of drug-likeness (QED) is 0.726. The minimum absolute atomic E-state index is 0.0547. The Kier molecular flexibility index (Phi) is 5.19. The van der Waals surface area contributed by atoms with Crippen LogP contribution in [0.2, 0.25) is 0 Å². The number of rotatable bonds is 6. The van der Waals surface area contributed by atoms with E-state index in [0.717, 1.165) is 5.56 Å². The highest BCUT2D eigenvalue weighted by Gasteiger charge is 1.94. The molecule has 3 heteroatoms. The second kappa shape index (κ2) is 6.79. The zero-order chi connectivity index (χ0) is 10.9. The number of carboxylic acids is 1. The number of benzene rings is 1. The Bertz CT molecular complexity index is 317. The molecule has 0 saturated carbocycles. The summed E-state index contributed by atoms with van der Waals surface area (Å²) < 4.78 is 5.10. The Balaban J connectivity index is 2.15. The summed E-state index contributed by atoms with van der Waals surface area (Å²) in [5, 5.41) is 8.35. The average Bonchev–Trinajstić information content (AvgIpc) is 2.24. The van der Waals surface area contributed by atoms with Gasteiger partial charge in [-0.25, -0.2) is 0 Å². The van der Waals surface area contributed by atoms with Crippen LogP contribution in [0.3, 0.4) is 0 Å². The van der Waals surface area contributed by atoms with Crippen molar-refractivity contribution in [1.82, 2.24) is 0 Å². The molecule has 15 heavy (non-hydrogen) atoms. The lowest BCUT2D eigenvalue weighted by atomic mass is 10.2. The van der Waals surface area contributed by atoms with E-state index in [1.165, 1.54) is 0 Å². The highest BCUT2D eigenvalue weighted by Crippen LogP contribution is 2.00. The summed E-state index contributed by atoms with van der Waals surface area (Å²) in [5.74, 6) is -0.831. The smallest absolute Gasteiger partial charge is 0.305 e. The van der Waals surface area contributed by atoms with Crippen molar-refractivity contribution in [3.8, 4) is 0 Å². The van der Waals surface area contributed by atoms with Crippen molar-refractivity contribution in [3.05, 3.63) is 42.0 Å².